The Morgan fingerprint density at radius 1 is 1.30 bits per heavy atom. The molecule has 1 aromatic heterocycles. The molecule has 3 atom stereocenters. The standard InChI is InChI=1S/C17H28N4O2/c1-13-8-20(9-14(2)23-13)11-16-5-4-6-21(16)10-15-7-18-12-19-17(15)22-3/h7,12-14,16H,4-6,8-11H2,1-3H3. The fourth-order valence-electron chi connectivity index (χ4n) is 3.90. The largest absolute Gasteiger partial charge is 0.481 e. The zero-order valence-electron chi connectivity index (χ0n) is 14.4. The predicted octanol–water partition coefficient (Wildman–Crippen LogP) is 1.56. The Balaban J connectivity index is 1.61. The van der Waals surface area contributed by atoms with Gasteiger partial charge in [-0.3, -0.25) is 9.80 Å². The van der Waals surface area contributed by atoms with E-state index in [0.29, 0.717) is 24.1 Å². The fraction of sp³-hybridized carbons (Fsp3) is 0.765. The predicted molar refractivity (Wildman–Crippen MR) is 88.5 cm³/mol. The first kappa shape index (κ1) is 16.6. The van der Waals surface area contributed by atoms with Crippen molar-refractivity contribution in [3.05, 3.63) is 18.1 Å². The van der Waals surface area contributed by atoms with Crippen LogP contribution in [0.15, 0.2) is 12.5 Å². The molecule has 0 bridgehead atoms. The molecule has 128 valence electrons. The molecule has 0 aliphatic carbocycles. The summed E-state index contributed by atoms with van der Waals surface area (Å²) in [7, 11) is 1.67. The Bertz CT molecular complexity index is 503. The number of rotatable bonds is 5. The van der Waals surface area contributed by atoms with E-state index in [4.69, 9.17) is 9.47 Å². The molecule has 2 saturated heterocycles. The quantitative estimate of drug-likeness (QED) is 0.821. The van der Waals surface area contributed by atoms with E-state index in [0.717, 1.165) is 38.3 Å². The van der Waals surface area contributed by atoms with Gasteiger partial charge in [0.05, 0.1) is 19.3 Å². The molecular formula is C17H28N4O2. The summed E-state index contributed by atoms with van der Waals surface area (Å²) in [5.41, 5.74) is 1.07. The summed E-state index contributed by atoms with van der Waals surface area (Å²) in [5, 5.41) is 0. The summed E-state index contributed by atoms with van der Waals surface area (Å²) in [4.78, 5) is 13.5. The number of ether oxygens (including phenoxy) is 2. The van der Waals surface area contributed by atoms with Crippen molar-refractivity contribution < 1.29 is 9.47 Å². The Labute approximate surface area is 138 Å². The third-order valence-electron chi connectivity index (χ3n) is 4.78. The second-order valence-electron chi connectivity index (χ2n) is 6.80. The topological polar surface area (TPSA) is 50.7 Å². The number of morpholine rings is 1. The minimum absolute atomic E-state index is 0.330. The Kier molecular flexibility index (Phi) is 5.46. The minimum atomic E-state index is 0.330. The highest BCUT2D eigenvalue weighted by molar-refractivity contribution is 5.22. The van der Waals surface area contributed by atoms with Crippen molar-refractivity contribution in [3.8, 4) is 5.88 Å². The smallest absolute Gasteiger partial charge is 0.220 e. The minimum Gasteiger partial charge on any atom is -0.481 e. The number of likely N-dealkylation sites (tertiary alicyclic amines) is 1. The summed E-state index contributed by atoms with van der Waals surface area (Å²) in [6.07, 6.45) is 6.60. The van der Waals surface area contributed by atoms with Gasteiger partial charge in [-0.2, -0.15) is 0 Å². The molecule has 0 amide bonds. The summed E-state index contributed by atoms with van der Waals surface area (Å²) >= 11 is 0. The van der Waals surface area contributed by atoms with Crippen molar-refractivity contribution in [2.45, 2.75) is 51.5 Å². The van der Waals surface area contributed by atoms with Gasteiger partial charge in [0.1, 0.15) is 6.33 Å². The molecule has 0 radical (unpaired) electrons. The van der Waals surface area contributed by atoms with Crippen LogP contribution in [0.3, 0.4) is 0 Å². The van der Waals surface area contributed by atoms with Gasteiger partial charge in [0.25, 0.3) is 0 Å². The molecule has 0 saturated carbocycles. The highest BCUT2D eigenvalue weighted by Crippen LogP contribution is 2.24. The molecule has 0 N–H and O–H groups in total. The van der Waals surface area contributed by atoms with Gasteiger partial charge in [-0.15, -0.1) is 0 Å². The van der Waals surface area contributed by atoms with Crippen LogP contribution in [0.1, 0.15) is 32.3 Å². The van der Waals surface area contributed by atoms with E-state index >= 15 is 0 Å². The number of nitrogens with zero attached hydrogens (tertiary/aromatic N) is 4. The number of aromatic nitrogens is 2. The van der Waals surface area contributed by atoms with E-state index in [9.17, 15) is 0 Å². The van der Waals surface area contributed by atoms with E-state index in [-0.39, 0.29) is 0 Å². The first-order valence-electron chi connectivity index (χ1n) is 8.60. The van der Waals surface area contributed by atoms with Crippen LogP contribution in [-0.4, -0.2) is 71.3 Å². The molecule has 23 heavy (non-hydrogen) atoms. The van der Waals surface area contributed by atoms with Crippen LogP contribution in [0.2, 0.25) is 0 Å². The third kappa shape index (κ3) is 4.19. The lowest BCUT2D eigenvalue weighted by atomic mass is 10.1. The van der Waals surface area contributed by atoms with Crippen molar-refractivity contribution in [2.24, 2.45) is 0 Å². The van der Waals surface area contributed by atoms with E-state index in [1.807, 2.05) is 6.20 Å². The highest BCUT2D eigenvalue weighted by atomic mass is 16.5. The Morgan fingerprint density at radius 3 is 2.83 bits per heavy atom. The maximum atomic E-state index is 5.85. The summed E-state index contributed by atoms with van der Waals surface area (Å²) in [6, 6.07) is 0.595. The molecule has 3 rings (SSSR count). The summed E-state index contributed by atoms with van der Waals surface area (Å²) in [6.45, 7) is 9.53. The lowest BCUT2D eigenvalue weighted by molar-refractivity contribution is -0.0724. The molecule has 0 aromatic carbocycles. The van der Waals surface area contributed by atoms with E-state index in [2.05, 4.69) is 33.6 Å². The molecular weight excluding hydrogens is 292 g/mol. The molecule has 0 spiro atoms. The van der Waals surface area contributed by atoms with Crippen LogP contribution in [0.4, 0.5) is 0 Å². The third-order valence-corrected chi connectivity index (χ3v) is 4.78. The zero-order valence-corrected chi connectivity index (χ0v) is 14.4. The maximum Gasteiger partial charge on any atom is 0.220 e. The van der Waals surface area contributed by atoms with Gasteiger partial charge in [-0.25, -0.2) is 9.97 Å². The second kappa shape index (κ2) is 7.55. The van der Waals surface area contributed by atoms with Gasteiger partial charge < -0.3 is 9.47 Å². The van der Waals surface area contributed by atoms with Gasteiger partial charge >= 0.3 is 0 Å². The molecule has 3 unspecified atom stereocenters. The summed E-state index contributed by atoms with van der Waals surface area (Å²) < 4.78 is 11.2. The van der Waals surface area contributed by atoms with Gasteiger partial charge in [-0.1, -0.05) is 0 Å². The zero-order chi connectivity index (χ0) is 16.2. The fourth-order valence-corrected chi connectivity index (χ4v) is 3.90. The van der Waals surface area contributed by atoms with Crippen LogP contribution >= 0.6 is 0 Å². The number of methoxy groups -OCH3 is 1. The Morgan fingerprint density at radius 2 is 2.09 bits per heavy atom. The van der Waals surface area contributed by atoms with Crippen molar-refractivity contribution >= 4 is 0 Å². The van der Waals surface area contributed by atoms with Crippen LogP contribution in [0.5, 0.6) is 5.88 Å². The van der Waals surface area contributed by atoms with Crippen LogP contribution in [0.25, 0.3) is 0 Å². The van der Waals surface area contributed by atoms with Gasteiger partial charge in [0.2, 0.25) is 5.88 Å². The number of hydrogen-bond acceptors (Lipinski definition) is 6. The second-order valence-corrected chi connectivity index (χ2v) is 6.80. The van der Waals surface area contributed by atoms with Crippen LogP contribution < -0.4 is 4.74 Å². The molecule has 2 aliphatic heterocycles. The molecule has 1 aromatic rings. The van der Waals surface area contributed by atoms with Gasteiger partial charge in [0.15, 0.2) is 0 Å². The van der Waals surface area contributed by atoms with Crippen molar-refractivity contribution in [3.63, 3.8) is 0 Å². The first-order valence-corrected chi connectivity index (χ1v) is 8.60. The lowest BCUT2D eigenvalue weighted by Crippen LogP contribution is -2.50. The van der Waals surface area contributed by atoms with Gasteiger partial charge in [-0.05, 0) is 33.2 Å². The molecule has 2 aliphatic rings. The van der Waals surface area contributed by atoms with E-state index < -0.39 is 0 Å². The normalized spacial score (nSPS) is 29.8. The molecule has 2 fully saturated rings. The van der Waals surface area contributed by atoms with Crippen LogP contribution in [0, 0.1) is 0 Å². The van der Waals surface area contributed by atoms with Gasteiger partial charge in [0, 0.05) is 44.0 Å². The van der Waals surface area contributed by atoms with Crippen molar-refractivity contribution in [2.75, 3.05) is 33.3 Å². The first-order chi connectivity index (χ1) is 11.2. The SMILES string of the molecule is COc1ncncc1CN1CCCC1CN1CC(C)OC(C)C1. The van der Waals surface area contributed by atoms with Crippen molar-refractivity contribution in [1.82, 2.24) is 19.8 Å². The number of hydrogen-bond donors (Lipinski definition) is 0. The molecule has 3 heterocycles. The maximum absolute atomic E-state index is 5.85. The lowest BCUT2D eigenvalue weighted by Gasteiger charge is -2.38. The molecule has 6 nitrogen and oxygen atoms in total. The van der Waals surface area contributed by atoms with E-state index in [1.165, 1.54) is 12.8 Å². The van der Waals surface area contributed by atoms with Crippen molar-refractivity contribution in [1.29, 1.82) is 0 Å². The summed E-state index contributed by atoms with van der Waals surface area (Å²) in [5.74, 6) is 0.694. The molecule has 6 heteroatoms. The van der Waals surface area contributed by atoms with Crippen LogP contribution in [-0.2, 0) is 11.3 Å². The highest BCUT2D eigenvalue weighted by Gasteiger charge is 2.30. The average Bonchev–Trinajstić information content (AvgIpc) is 2.94. The van der Waals surface area contributed by atoms with E-state index in [1.54, 1.807) is 13.4 Å². The Hall–Kier alpha value is -1.24. The average molecular weight is 320 g/mol. The monoisotopic (exact) mass is 320 g/mol.